The lowest BCUT2D eigenvalue weighted by atomic mass is 9.98. The highest BCUT2D eigenvalue weighted by Gasteiger charge is 2.17. The average molecular weight is 345 g/mol. The highest BCUT2D eigenvalue weighted by atomic mass is 16.1. The zero-order valence-corrected chi connectivity index (χ0v) is 14.2. The SMILES string of the molecule is O=c1[nH]c(NCCC2C=Nc3ccccc32)nnc1Cc1ccccc1. The van der Waals surface area contributed by atoms with E-state index in [2.05, 4.69) is 31.6 Å². The first-order chi connectivity index (χ1) is 12.8. The lowest BCUT2D eigenvalue weighted by molar-refractivity contribution is 0.800. The Balaban J connectivity index is 1.35. The summed E-state index contributed by atoms with van der Waals surface area (Å²) in [6, 6.07) is 17.9. The van der Waals surface area contributed by atoms with E-state index in [1.54, 1.807) is 0 Å². The summed E-state index contributed by atoms with van der Waals surface area (Å²) in [5.74, 6) is 0.686. The van der Waals surface area contributed by atoms with E-state index in [0.29, 0.717) is 24.6 Å². The van der Waals surface area contributed by atoms with Crippen LogP contribution in [0.25, 0.3) is 0 Å². The van der Waals surface area contributed by atoms with E-state index in [0.717, 1.165) is 17.7 Å². The molecule has 1 atom stereocenters. The Labute approximate surface area is 151 Å². The van der Waals surface area contributed by atoms with Crippen molar-refractivity contribution in [3.63, 3.8) is 0 Å². The van der Waals surface area contributed by atoms with Crippen LogP contribution in [0, 0.1) is 0 Å². The Morgan fingerprint density at radius 2 is 1.81 bits per heavy atom. The molecule has 6 nitrogen and oxygen atoms in total. The van der Waals surface area contributed by atoms with Gasteiger partial charge in [-0.2, -0.15) is 0 Å². The third kappa shape index (κ3) is 3.54. The largest absolute Gasteiger partial charge is 0.354 e. The topological polar surface area (TPSA) is 83.0 Å². The molecule has 0 saturated carbocycles. The Morgan fingerprint density at radius 3 is 2.65 bits per heavy atom. The first-order valence-electron chi connectivity index (χ1n) is 8.66. The number of benzene rings is 2. The van der Waals surface area contributed by atoms with Gasteiger partial charge in [-0.05, 0) is 23.6 Å². The van der Waals surface area contributed by atoms with Gasteiger partial charge in [0.15, 0.2) is 0 Å². The summed E-state index contributed by atoms with van der Waals surface area (Å²) < 4.78 is 0. The van der Waals surface area contributed by atoms with Gasteiger partial charge >= 0.3 is 0 Å². The van der Waals surface area contributed by atoms with E-state index in [9.17, 15) is 4.79 Å². The maximum Gasteiger partial charge on any atom is 0.274 e. The third-order valence-corrected chi connectivity index (χ3v) is 4.46. The molecule has 0 spiro atoms. The minimum absolute atomic E-state index is 0.209. The van der Waals surface area contributed by atoms with Gasteiger partial charge < -0.3 is 5.32 Å². The minimum Gasteiger partial charge on any atom is -0.354 e. The molecule has 0 amide bonds. The molecular weight excluding hydrogens is 326 g/mol. The van der Waals surface area contributed by atoms with Gasteiger partial charge in [0, 0.05) is 25.1 Å². The fourth-order valence-electron chi connectivity index (χ4n) is 3.09. The molecule has 1 aromatic heterocycles. The highest BCUT2D eigenvalue weighted by Crippen LogP contribution is 2.33. The fraction of sp³-hybridized carbons (Fsp3) is 0.200. The molecule has 2 N–H and O–H groups in total. The summed E-state index contributed by atoms with van der Waals surface area (Å²) in [5, 5.41) is 11.3. The second-order valence-electron chi connectivity index (χ2n) is 6.27. The van der Waals surface area contributed by atoms with Gasteiger partial charge in [-0.3, -0.25) is 14.8 Å². The van der Waals surface area contributed by atoms with Crippen molar-refractivity contribution in [1.29, 1.82) is 0 Å². The van der Waals surface area contributed by atoms with Crippen molar-refractivity contribution in [2.45, 2.75) is 18.8 Å². The molecule has 0 bridgehead atoms. The second-order valence-corrected chi connectivity index (χ2v) is 6.27. The molecule has 0 fully saturated rings. The molecule has 0 saturated heterocycles. The first-order valence-corrected chi connectivity index (χ1v) is 8.66. The zero-order valence-electron chi connectivity index (χ0n) is 14.2. The average Bonchev–Trinajstić information content (AvgIpc) is 3.08. The van der Waals surface area contributed by atoms with Crippen LogP contribution in [0.1, 0.15) is 29.2 Å². The summed E-state index contributed by atoms with van der Waals surface area (Å²) in [7, 11) is 0. The molecular formula is C20H19N5O. The minimum atomic E-state index is -0.209. The second kappa shape index (κ2) is 7.31. The molecule has 3 aromatic rings. The molecule has 4 rings (SSSR count). The lowest BCUT2D eigenvalue weighted by Crippen LogP contribution is -2.20. The summed E-state index contributed by atoms with van der Waals surface area (Å²) in [4.78, 5) is 19.4. The number of fused-ring (bicyclic) bond motifs is 1. The summed E-state index contributed by atoms with van der Waals surface area (Å²) in [5.41, 5.74) is 3.52. The van der Waals surface area contributed by atoms with Crippen LogP contribution in [0.4, 0.5) is 11.6 Å². The molecule has 0 aliphatic carbocycles. The predicted molar refractivity (Wildman–Crippen MR) is 102 cm³/mol. The van der Waals surface area contributed by atoms with Gasteiger partial charge in [0.05, 0.1) is 5.69 Å². The summed E-state index contributed by atoms with van der Waals surface area (Å²) >= 11 is 0. The van der Waals surface area contributed by atoms with Crippen molar-refractivity contribution < 1.29 is 0 Å². The van der Waals surface area contributed by atoms with Crippen LogP contribution in [0.3, 0.4) is 0 Å². The van der Waals surface area contributed by atoms with Gasteiger partial charge in [0.25, 0.3) is 5.56 Å². The van der Waals surface area contributed by atoms with E-state index in [1.807, 2.05) is 54.7 Å². The third-order valence-electron chi connectivity index (χ3n) is 4.46. The first kappa shape index (κ1) is 16.2. The molecule has 2 aromatic carbocycles. The quantitative estimate of drug-likeness (QED) is 0.719. The molecule has 130 valence electrons. The Morgan fingerprint density at radius 1 is 1.00 bits per heavy atom. The number of rotatable bonds is 6. The normalized spacial score (nSPS) is 15.0. The number of hydrogen-bond donors (Lipinski definition) is 2. The van der Waals surface area contributed by atoms with Crippen LogP contribution in [0.2, 0.25) is 0 Å². The van der Waals surface area contributed by atoms with E-state index in [-0.39, 0.29) is 11.5 Å². The predicted octanol–water partition coefficient (Wildman–Crippen LogP) is 3.06. The lowest BCUT2D eigenvalue weighted by Gasteiger charge is -2.10. The molecule has 26 heavy (non-hydrogen) atoms. The van der Waals surface area contributed by atoms with E-state index in [4.69, 9.17) is 0 Å². The van der Waals surface area contributed by atoms with Crippen molar-refractivity contribution in [2.24, 2.45) is 4.99 Å². The maximum absolute atomic E-state index is 12.2. The van der Waals surface area contributed by atoms with Crippen LogP contribution in [0.15, 0.2) is 64.4 Å². The van der Waals surface area contributed by atoms with Gasteiger partial charge in [-0.25, -0.2) is 0 Å². The Bertz CT molecular complexity index is 981. The number of anilines is 1. The number of nitrogens with one attached hydrogen (secondary N) is 2. The number of aromatic amines is 1. The van der Waals surface area contributed by atoms with E-state index in [1.165, 1.54) is 5.56 Å². The van der Waals surface area contributed by atoms with Crippen molar-refractivity contribution in [3.05, 3.63) is 81.8 Å². The number of hydrogen-bond acceptors (Lipinski definition) is 5. The number of aliphatic imine (C=N–C) groups is 1. The molecule has 1 unspecified atom stereocenters. The molecule has 1 aliphatic rings. The number of H-pyrrole nitrogens is 1. The summed E-state index contributed by atoms with van der Waals surface area (Å²) in [6.07, 6.45) is 3.32. The van der Waals surface area contributed by atoms with Gasteiger partial charge in [-0.15, -0.1) is 10.2 Å². The van der Waals surface area contributed by atoms with Crippen LogP contribution in [-0.4, -0.2) is 27.9 Å². The van der Waals surface area contributed by atoms with Crippen molar-refractivity contribution in [2.75, 3.05) is 11.9 Å². The summed E-state index contributed by atoms with van der Waals surface area (Å²) in [6.45, 7) is 0.674. The maximum atomic E-state index is 12.2. The highest BCUT2D eigenvalue weighted by molar-refractivity contribution is 5.80. The fourth-order valence-corrected chi connectivity index (χ4v) is 3.09. The Kier molecular flexibility index (Phi) is 4.55. The van der Waals surface area contributed by atoms with Crippen LogP contribution < -0.4 is 10.9 Å². The van der Waals surface area contributed by atoms with E-state index < -0.39 is 0 Å². The monoisotopic (exact) mass is 345 g/mol. The number of para-hydroxylation sites is 1. The smallest absolute Gasteiger partial charge is 0.274 e. The molecule has 0 radical (unpaired) electrons. The van der Waals surface area contributed by atoms with Crippen LogP contribution in [0.5, 0.6) is 0 Å². The van der Waals surface area contributed by atoms with Crippen molar-refractivity contribution in [3.8, 4) is 0 Å². The molecule has 6 heteroatoms. The van der Waals surface area contributed by atoms with Gasteiger partial charge in [0.2, 0.25) is 5.95 Å². The number of aromatic nitrogens is 3. The van der Waals surface area contributed by atoms with Crippen molar-refractivity contribution in [1.82, 2.24) is 15.2 Å². The standard InChI is InChI=1S/C20H19N5O/c26-19-18(12-14-6-2-1-3-7-14)24-25-20(23-19)21-11-10-15-13-22-17-9-5-4-8-16(15)17/h1-9,13,15H,10-12H2,(H2,21,23,25,26). The molecule has 2 heterocycles. The van der Waals surface area contributed by atoms with Crippen LogP contribution in [-0.2, 0) is 6.42 Å². The van der Waals surface area contributed by atoms with Gasteiger partial charge in [0.1, 0.15) is 5.69 Å². The van der Waals surface area contributed by atoms with Gasteiger partial charge in [-0.1, -0.05) is 48.5 Å². The van der Waals surface area contributed by atoms with Crippen LogP contribution >= 0.6 is 0 Å². The zero-order chi connectivity index (χ0) is 17.8. The molecule has 1 aliphatic heterocycles. The number of nitrogens with zero attached hydrogens (tertiary/aromatic N) is 3. The van der Waals surface area contributed by atoms with E-state index >= 15 is 0 Å². The Hall–Kier alpha value is -3.28. The van der Waals surface area contributed by atoms with Crippen molar-refractivity contribution >= 4 is 17.9 Å².